The Morgan fingerprint density at radius 3 is 2.24 bits per heavy atom. The standard InChI is InChI=1S/C9H22N6O2/c10-1-5-14(9-16)7-3-12-4-8-15(13-17)6-2-11/h9,12H,1-8,10-11H2. The molecule has 8 nitrogen and oxygen atoms in total. The van der Waals surface area contributed by atoms with Crippen LogP contribution in [0.4, 0.5) is 0 Å². The smallest absolute Gasteiger partial charge is 0.209 e. The van der Waals surface area contributed by atoms with E-state index in [0.29, 0.717) is 52.4 Å². The first kappa shape index (κ1) is 15.8. The normalized spacial score (nSPS) is 10.0. The van der Waals surface area contributed by atoms with Crippen molar-refractivity contribution in [2.24, 2.45) is 16.8 Å². The van der Waals surface area contributed by atoms with E-state index in [-0.39, 0.29) is 0 Å². The third kappa shape index (κ3) is 8.55. The van der Waals surface area contributed by atoms with Crippen molar-refractivity contribution >= 4 is 6.41 Å². The average Bonchev–Trinajstić information content (AvgIpc) is 2.35. The molecule has 0 atom stereocenters. The SMILES string of the molecule is NCCN(C=O)CCNCCN(CCN)N=O. The number of nitroso groups, excluding NO2 is 1. The molecule has 0 aromatic heterocycles. The van der Waals surface area contributed by atoms with Crippen LogP contribution >= 0.6 is 0 Å². The van der Waals surface area contributed by atoms with Gasteiger partial charge in [0, 0.05) is 39.3 Å². The van der Waals surface area contributed by atoms with Gasteiger partial charge in [-0.25, -0.2) is 0 Å². The third-order valence-electron chi connectivity index (χ3n) is 2.19. The van der Waals surface area contributed by atoms with Crippen LogP contribution in [0.3, 0.4) is 0 Å². The number of hydrogen-bond acceptors (Lipinski definition) is 6. The van der Waals surface area contributed by atoms with E-state index >= 15 is 0 Å². The highest BCUT2D eigenvalue weighted by Crippen LogP contribution is 1.85. The highest BCUT2D eigenvalue weighted by molar-refractivity contribution is 5.46. The largest absolute Gasteiger partial charge is 0.343 e. The molecule has 0 aliphatic rings. The zero-order chi connectivity index (χ0) is 12.9. The number of nitrogens with zero attached hydrogens (tertiary/aromatic N) is 3. The van der Waals surface area contributed by atoms with E-state index in [9.17, 15) is 9.70 Å². The van der Waals surface area contributed by atoms with Gasteiger partial charge in [-0.3, -0.25) is 9.80 Å². The van der Waals surface area contributed by atoms with E-state index in [0.717, 1.165) is 6.41 Å². The van der Waals surface area contributed by atoms with Crippen molar-refractivity contribution in [1.29, 1.82) is 0 Å². The van der Waals surface area contributed by atoms with Crippen molar-refractivity contribution in [3.8, 4) is 0 Å². The van der Waals surface area contributed by atoms with E-state index in [2.05, 4.69) is 10.6 Å². The molecule has 0 aliphatic carbocycles. The summed E-state index contributed by atoms with van der Waals surface area (Å²) in [6.07, 6.45) is 0.780. The summed E-state index contributed by atoms with van der Waals surface area (Å²) >= 11 is 0. The maximum Gasteiger partial charge on any atom is 0.209 e. The second kappa shape index (κ2) is 11.2. The van der Waals surface area contributed by atoms with Crippen LogP contribution in [0.2, 0.25) is 0 Å². The molecule has 0 fully saturated rings. The zero-order valence-electron chi connectivity index (χ0n) is 10.0. The monoisotopic (exact) mass is 246 g/mol. The minimum atomic E-state index is 0.404. The van der Waals surface area contributed by atoms with Crippen molar-refractivity contribution in [1.82, 2.24) is 15.2 Å². The summed E-state index contributed by atoms with van der Waals surface area (Å²) in [5.41, 5.74) is 10.6. The van der Waals surface area contributed by atoms with Crippen LogP contribution in [-0.2, 0) is 4.79 Å². The molecule has 5 N–H and O–H groups in total. The van der Waals surface area contributed by atoms with E-state index < -0.39 is 0 Å². The first-order chi connectivity index (χ1) is 8.28. The molecule has 100 valence electrons. The lowest BCUT2D eigenvalue weighted by Gasteiger charge is -2.17. The molecule has 17 heavy (non-hydrogen) atoms. The number of nitrogens with one attached hydrogen (secondary N) is 1. The molecule has 0 aliphatic heterocycles. The molecule has 0 aromatic rings. The molecule has 8 heteroatoms. The molecule has 0 saturated carbocycles. The molecule has 0 saturated heterocycles. The summed E-state index contributed by atoms with van der Waals surface area (Å²) in [5, 5.41) is 7.31. The number of nitrogens with two attached hydrogens (primary N) is 2. The first-order valence-electron chi connectivity index (χ1n) is 5.66. The quantitative estimate of drug-likeness (QED) is 0.158. The van der Waals surface area contributed by atoms with Gasteiger partial charge >= 0.3 is 0 Å². The highest BCUT2D eigenvalue weighted by atomic mass is 16.3. The summed E-state index contributed by atoms with van der Waals surface area (Å²) in [4.78, 5) is 22.5. The Balaban J connectivity index is 3.49. The van der Waals surface area contributed by atoms with Crippen molar-refractivity contribution in [3.05, 3.63) is 4.91 Å². The fraction of sp³-hybridized carbons (Fsp3) is 0.889. The number of rotatable bonds is 12. The number of amides is 1. The fourth-order valence-electron chi connectivity index (χ4n) is 1.28. The average molecular weight is 246 g/mol. The molecule has 0 radical (unpaired) electrons. The van der Waals surface area contributed by atoms with E-state index in [1.54, 1.807) is 4.90 Å². The van der Waals surface area contributed by atoms with Crippen LogP contribution < -0.4 is 16.8 Å². The molecule has 0 rings (SSSR count). The minimum absolute atomic E-state index is 0.404. The Bertz CT molecular complexity index is 184. The molecule has 0 bridgehead atoms. The van der Waals surface area contributed by atoms with Gasteiger partial charge in [0.1, 0.15) is 0 Å². The topological polar surface area (TPSA) is 117 Å². The van der Waals surface area contributed by atoms with Crippen LogP contribution in [-0.4, -0.2) is 68.7 Å². The second-order valence-corrected chi connectivity index (χ2v) is 3.50. The highest BCUT2D eigenvalue weighted by Gasteiger charge is 2.01. The van der Waals surface area contributed by atoms with Crippen molar-refractivity contribution < 1.29 is 4.79 Å². The van der Waals surface area contributed by atoms with Crippen LogP contribution in [0.15, 0.2) is 5.29 Å². The lowest BCUT2D eigenvalue weighted by atomic mass is 10.4. The Hall–Kier alpha value is -1.25. The maximum atomic E-state index is 10.6. The number of hydrogen-bond donors (Lipinski definition) is 3. The van der Waals surface area contributed by atoms with Gasteiger partial charge < -0.3 is 21.7 Å². The van der Waals surface area contributed by atoms with Crippen LogP contribution in [0.1, 0.15) is 0 Å². The fourth-order valence-corrected chi connectivity index (χ4v) is 1.28. The zero-order valence-corrected chi connectivity index (χ0v) is 10.0. The Morgan fingerprint density at radius 1 is 1.06 bits per heavy atom. The number of carbonyl (C=O) groups is 1. The summed E-state index contributed by atoms with van der Waals surface area (Å²) in [5.74, 6) is 0. The van der Waals surface area contributed by atoms with Crippen LogP contribution in [0.25, 0.3) is 0 Å². The number of carbonyl (C=O) groups excluding carboxylic acids is 1. The van der Waals surface area contributed by atoms with E-state index in [4.69, 9.17) is 11.5 Å². The summed E-state index contributed by atoms with van der Waals surface area (Å²) < 4.78 is 0. The van der Waals surface area contributed by atoms with Crippen LogP contribution in [0.5, 0.6) is 0 Å². The molecule has 0 spiro atoms. The van der Waals surface area contributed by atoms with E-state index in [1.807, 2.05) is 0 Å². The van der Waals surface area contributed by atoms with Gasteiger partial charge in [-0.1, -0.05) is 0 Å². The minimum Gasteiger partial charge on any atom is -0.343 e. The molecule has 0 unspecified atom stereocenters. The lowest BCUT2D eigenvalue weighted by Crippen LogP contribution is -2.37. The van der Waals surface area contributed by atoms with Crippen molar-refractivity contribution in [3.63, 3.8) is 0 Å². The summed E-state index contributed by atoms with van der Waals surface area (Å²) in [7, 11) is 0. The van der Waals surface area contributed by atoms with Crippen molar-refractivity contribution in [2.75, 3.05) is 52.4 Å². The predicted molar refractivity (Wildman–Crippen MR) is 66.0 cm³/mol. The van der Waals surface area contributed by atoms with Gasteiger partial charge in [0.25, 0.3) is 0 Å². The summed E-state index contributed by atoms with van der Waals surface area (Å²) in [6.45, 7) is 4.28. The van der Waals surface area contributed by atoms with E-state index in [1.165, 1.54) is 5.01 Å². The molecule has 1 amide bonds. The van der Waals surface area contributed by atoms with Gasteiger partial charge in [0.15, 0.2) is 0 Å². The third-order valence-corrected chi connectivity index (χ3v) is 2.19. The molecule has 0 aromatic carbocycles. The van der Waals surface area contributed by atoms with Crippen molar-refractivity contribution in [2.45, 2.75) is 0 Å². The Labute approximate surface area is 101 Å². The lowest BCUT2D eigenvalue weighted by molar-refractivity contribution is -0.118. The predicted octanol–water partition coefficient (Wildman–Crippen LogP) is -2.06. The van der Waals surface area contributed by atoms with Gasteiger partial charge in [-0.2, -0.15) is 0 Å². The molecule has 0 heterocycles. The van der Waals surface area contributed by atoms with Crippen LogP contribution in [0, 0.1) is 4.91 Å². The molecular weight excluding hydrogens is 224 g/mol. The van der Waals surface area contributed by atoms with Gasteiger partial charge in [0.2, 0.25) is 6.41 Å². The maximum absolute atomic E-state index is 10.6. The van der Waals surface area contributed by atoms with Gasteiger partial charge in [-0.05, 0) is 0 Å². The van der Waals surface area contributed by atoms with Gasteiger partial charge in [0.05, 0.1) is 18.4 Å². The second-order valence-electron chi connectivity index (χ2n) is 3.50. The summed E-state index contributed by atoms with van der Waals surface area (Å²) in [6, 6.07) is 0. The Morgan fingerprint density at radius 2 is 1.71 bits per heavy atom. The Kier molecular flexibility index (Phi) is 10.4. The first-order valence-corrected chi connectivity index (χ1v) is 5.66. The molecular formula is C9H22N6O2. The van der Waals surface area contributed by atoms with Gasteiger partial charge in [-0.15, -0.1) is 4.91 Å².